The maximum atomic E-state index is 12.6. The molecule has 2 unspecified atom stereocenters. The van der Waals surface area contributed by atoms with Crippen molar-refractivity contribution in [2.45, 2.75) is 128 Å². The van der Waals surface area contributed by atoms with Gasteiger partial charge in [-0.3, -0.25) is 62.7 Å². The quantitative estimate of drug-likeness (QED) is 0.00321. The molecule has 3 aliphatic carbocycles. The largest absolute Gasteiger partial charge is 0.501 e. The van der Waals surface area contributed by atoms with Gasteiger partial charge in [0.05, 0.1) is 43.8 Å². The summed E-state index contributed by atoms with van der Waals surface area (Å²) < 4.78 is 14.7. The van der Waals surface area contributed by atoms with Gasteiger partial charge in [-0.25, -0.2) is 4.79 Å². The standard InChI is InChI=1S/C27H27NO4.C25H24N2O4.C18H18N2O.C13H11NO2.C8H10O4.C5H9N.C4H5NO3/c1-3-4-5-6-7-26(30)21-10-8-19(9-11-21)20-12-14-23(15-13-20)28-27(31)22-16-24(29)18-25(17-22)32-2;1-2-3-4-13-26-24(30)19-7-5-17(6-8-19)18-9-11-21(12-10-18)27-25(31)20-14-22(28)16-23(29)15-20;1-2-3-4-13-20-18(21)16-7-5-14(6-8-16)15-9-11-17(19)12-10-15;14-12-7-5-10(6-8-12)9-1-3-11(4-2-9)13(15)16;1-11-7-2-6(10)3-8(4-7)12-5-9;1-2-3-4-5-6;6-3-1-2-4(7)5(3)8/h1,8-15,18,22H,4-7,16-17H2,2H3,(H,28,31);1,5-12,20H,3-4,13-16H2,(H,26,30)(H,27,31);1,5-12H,3-4,13,19H2,(H,20,21);1-8H,14H2,(H,15,16);2,5,8H,3-4H2,1H3;1H,3-6H2;8H,1-2H2. The van der Waals surface area contributed by atoms with Crippen LogP contribution in [0.1, 0.15) is 163 Å². The Morgan fingerprint density at radius 2 is 0.786 bits per heavy atom. The van der Waals surface area contributed by atoms with Crippen LogP contribution in [-0.2, 0) is 57.4 Å². The molecule has 12 N–H and O–H groups in total. The summed E-state index contributed by atoms with van der Waals surface area (Å²) in [7, 11) is 2.99. The molecular weight excluding hydrogens is 1600 g/mol. The van der Waals surface area contributed by atoms with Crippen LogP contribution in [0.4, 0.5) is 22.7 Å². The van der Waals surface area contributed by atoms with Gasteiger partial charge < -0.3 is 57.8 Å². The van der Waals surface area contributed by atoms with Gasteiger partial charge in [0, 0.05) is 148 Å². The fourth-order valence-corrected chi connectivity index (χ4v) is 12.5. The first kappa shape index (κ1) is 99.7. The van der Waals surface area contributed by atoms with E-state index in [4.69, 9.17) is 62.7 Å². The molecule has 0 radical (unpaired) electrons. The molecule has 0 spiro atoms. The first-order valence-electron chi connectivity index (χ1n) is 40.7. The molecule has 12 rings (SSSR count). The number of ketones is 5. The van der Waals surface area contributed by atoms with Crippen LogP contribution in [0.3, 0.4) is 0 Å². The molecule has 652 valence electrons. The van der Waals surface area contributed by atoms with Crippen molar-refractivity contribution in [3.05, 3.63) is 240 Å². The molecule has 0 aromatic heterocycles. The van der Waals surface area contributed by atoms with Crippen LogP contribution in [0.15, 0.2) is 218 Å². The monoisotopic (exact) mass is 1700 g/mol. The van der Waals surface area contributed by atoms with Crippen LogP contribution >= 0.6 is 0 Å². The SMILES string of the molecule is C#CCCCCC(=O)c1ccc(-c2ccc(NC(=O)C3CC(=O)C=C(OC)C3)cc2)cc1.C#CCCCN.C#CCCCNC(=O)c1ccc(-c2ccc(N)cc2)cc1.C#CCCCNC(=O)c1ccc(-c2ccc(NC(=O)C3CC(=O)CC(=O)C3)cc2)cc1.COC1=CC(=O)CC(OC=O)C1.Nc1ccc(-c2ccc(C(=O)O)cc2)cc1.O=C1CCC(=O)N1O. The third-order valence-electron chi connectivity index (χ3n) is 19.4. The van der Waals surface area contributed by atoms with Gasteiger partial charge in [0.25, 0.3) is 30.1 Å². The highest BCUT2D eigenvalue weighted by molar-refractivity contribution is 6.07. The van der Waals surface area contributed by atoms with E-state index in [2.05, 4.69) is 49.7 Å². The minimum Gasteiger partial charge on any atom is -0.501 e. The van der Waals surface area contributed by atoms with Crippen molar-refractivity contribution < 1.29 is 86.9 Å². The number of unbranched alkanes of at least 4 members (excludes halogenated alkanes) is 5. The van der Waals surface area contributed by atoms with Crippen LogP contribution in [0, 0.1) is 61.2 Å². The zero-order valence-electron chi connectivity index (χ0n) is 70.4. The van der Waals surface area contributed by atoms with Crippen molar-refractivity contribution in [1.29, 1.82) is 0 Å². The summed E-state index contributed by atoms with van der Waals surface area (Å²) in [6, 6.07) is 58.9. The molecule has 6 amide bonds. The number of hydrogen-bond acceptors (Lipinski definition) is 20. The van der Waals surface area contributed by atoms with Crippen molar-refractivity contribution in [1.82, 2.24) is 15.7 Å². The molecule has 0 bridgehead atoms. The number of hydrogen-bond donors (Lipinski definition) is 9. The number of rotatable bonds is 28. The lowest BCUT2D eigenvalue weighted by Gasteiger charge is -2.20. The summed E-state index contributed by atoms with van der Waals surface area (Å²) in [5.74, 6) is 7.19. The van der Waals surface area contributed by atoms with Crippen molar-refractivity contribution in [2.24, 2.45) is 17.6 Å². The van der Waals surface area contributed by atoms with Crippen LogP contribution < -0.4 is 38.5 Å². The van der Waals surface area contributed by atoms with E-state index in [1.54, 1.807) is 48.5 Å². The number of nitrogen functional groups attached to an aromatic ring is 2. The summed E-state index contributed by atoms with van der Waals surface area (Å²) >= 11 is 0. The second-order valence-corrected chi connectivity index (χ2v) is 28.9. The Balaban J connectivity index is 0.000000241. The Bertz CT molecular complexity index is 5240. The highest BCUT2D eigenvalue weighted by atomic mass is 16.5. The van der Waals surface area contributed by atoms with Gasteiger partial charge in [0.2, 0.25) is 11.8 Å². The van der Waals surface area contributed by atoms with E-state index in [1.807, 2.05) is 146 Å². The van der Waals surface area contributed by atoms with E-state index in [1.165, 1.54) is 26.4 Å². The lowest BCUT2D eigenvalue weighted by Crippen LogP contribution is -2.32. The maximum absolute atomic E-state index is 12.6. The zero-order valence-corrected chi connectivity index (χ0v) is 70.4. The van der Waals surface area contributed by atoms with E-state index in [0.717, 1.165) is 88.7 Å². The van der Waals surface area contributed by atoms with Crippen LogP contribution in [-0.4, -0.2) is 132 Å². The number of methoxy groups -OCH3 is 2. The number of carbonyl (C=O) groups is 13. The number of benzene rings is 8. The van der Waals surface area contributed by atoms with Crippen molar-refractivity contribution in [2.75, 3.05) is 56.0 Å². The highest BCUT2D eigenvalue weighted by Crippen LogP contribution is 2.30. The second-order valence-electron chi connectivity index (χ2n) is 28.9. The number of amides is 6. The molecule has 26 heteroatoms. The Morgan fingerprint density at radius 1 is 0.444 bits per heavy atom. The summed E-state index contributed by atoms with van der Waals surface area (Å²) in [5, 5.41) is 28.7. The number of aromatic carboxylic acids is 1. The zero-order chi connectivity index (χ0) is 91.7. The average molecular weight is 1710 g/mol. The van der Waals surface area contributed by atoms with Gasteiger partial charge in [0.15, 0.2) is 17.3 Å². The molecule has 4 aliphatic rings. The van der Waals surface area contributed by atoms with E-state index in [0.29, 0.717) is 115 Å². The number of carbonyl (C=O) groups excluding carboxylic acids is 12. The number of nitrogens with two attached hydrogens (primary N) is 3. The smallest absolute Gasteiger partial charge is 0.335 e. The average Bonchev–Trinajstić information content (AvgIpc) is 1.05. The summed E-state index contributed by atoms with van der Waals surface area (Å²) in [6.07, 6.45) is 32.3. The molecule has 8 aromatic carbocycles. The number of nitrogens with zero attached hydrogens (tertiary/aromatic N) is 1. The number of nitrogens with one attached hydrogen (secondary N) is 4. The molecule has 1 aliphatic heterocycles. The van der Waals surface area contributed by atoms with Gasteiger partial charge in [-0.2, -0.15) is 5.06 Å². The number of imide groups is 1. The molecule has 1 saturated carbocycles. The predicted molar refractivity (Wildman–Crippen MR) is 483 cm³/mol. The molecule has 1 heterocycles. The number of terminal acetylenes is 4. The third kappa shape index (κ3) is 35.2. The lowest BCUT2D eigenvalue weighted by molar-refractivity contribution is -0.171. The molecule has 2 fully saturated rings. The van der Waals surface area contributed by atoms with E-state index in [9.17, 15) is 62.3 Å². The topological polar surface area (TPSA) is 419 Å². The summed E-state index contributed by atoms with van der Waals surface area (Å²) in [4.78, 5) is 148. The molecule has 26 nitrogen and oxygen atoms in total. The number of anilines is 4. The second kappa shape index (κ2) is 54.3. The van der Waals surface area contributed by atoms with Crippen molar-refractivity contribution in [3.63, 3.8) is 0 Å². The maximum Gasteiger partial charge on any atom is 0.335 e. The first-order chi connectivity index (χ1) is 60.7. The van der Waals surface area contributed by atoms with Gasteiger partial charge >= 0.3 is 5.97 Å². The highest BCUT2D eigenvalue weighted by Gasteiger charge is 2.32. The Morgan fingerprint density at radius 3 is 1.13 bits per heavy atom. The van der Waals surface area contributed by atoms with E-state index in [-0.39, 0.29) is 109 Å². The van der Waals surface area contributed by atoms with Crippen molar-refractivity contribution >= 4 is 99.6 Å². The predicted octanol–water partition coefficient (Wildman–Crippen LogP) is 14.6. The van der Waals surface area contributed by atoms with Gasteiger partial charge in [-0.15, -0.1) is 49.4 Å². The van der Waals surface area contributed by atoms with Gasteiger partial charge in [0.1, 0.15) is 23.4 Å². The normalized spacial score (nSPS) is 14.1. The van der Waals surface area contributed by atoms with Gasteiger partial charge in [-0.1, -0.05) is 109 Å². The molecular formula is C100H104N8O18. The van der Waals surface area contributed by atoms with Crippen LogP contribution in [0.2, 0.25) is 0 Å². The fraction of sp³-hybridized carbons (Fsp3) is 0.270. The van der Waals surface area contributed by atoms with Crippen molar-refractivity contribution in [3.8, 4) is 93.9 Å². The Labute approximate surface area is 733 Å². The molecule has 1 saturated heterocycles. The Kier molecular flexibility index (Phi) is 43.0. The Hall–Kier alpha value is -15.1. The molecule has 8 aromatic rings. The minimum absolute atomic E-state index is 0.0648. The number of hydroxylamine groups is 2. The van der Waals surface area contributed by atoms with Crippen LogP contribution in [0.25, 0.3) is 44.5 Å². The third-order valence-corrected chi connectivity index (χ3v) is 19.4. The van der Waals surface area contributed by atoms with Crippen LogP contribution in [0.5, 0.6) is 0 Å². The summed E-state index contributed by atoms with van der Waals surface area (Å²) in [6.45, 7) is 2.21. The summed E-state index contributed by atoms with van der Waals surface area (Å²) in [5.41, 5.74) is 29.3. The number of carboxylic acids is 1. The number of carboxylic acid groups (broad SMARTS) is 1. The molecule has 2 atom stereocenters. The fourth-order valence-electron chi connectivity index (χ4n) is 12.5. The molecule has 126 heavy (non-hydrogen) atoms. The number of Topliss-reactive ketones (excluding diaryl/α,β-unsaturated/α-hetero) is 3. The van der Waals surface area contributed by atoms with E-state index < -0.39 is 29.6 Å². The minimum atomic E-state index is -0.913. The lowest BCUT2D eigenvalue weighted by atomic mass is 9.87. The van der Waals surface area contributed by atoms with Gasteiger partial charge in [-0.05, 0) is 168 Å². The van der Waals surface area contributed by atoms with E-state index >= 15 is 0 Å². The first-order valence-corrected chi connectivity index (χ1v) is 40.7. The number of ether oxygens (including phenoxy) is 3. The number of allylic oxidation sites excluding steroid dienone is 3.